The molecule has 1 aromatic rings. The number of benzene rings is 1. The van der Waals surface area contributed by atoms with Crippen LogP contribution in [0.5, 0.6) is 0 Å². The highest BCUT2D eigenvalue weighted by molar-refractivity contribution is 7.89. The van der Waals surface area contributed by atoms with E-state index in [1.54, 1.807) is 30.3 Å². The first-order chi connectivity index (χ1) is 14.4. The lowest BCUT2D eigenvalue weighted by atomic mass is 10.0. The summed E-state index contributed by atoms with van der Waals surface area (Å²) in [5.41, 5.74) is 0. The molecule has 0 unspecified atom stereocenters. The Bertz CT molecular complexity index is 870. The van der Waals surface area contributed by atoms with Crippen molar-refractivity contribution >= 4 is 21.8 Å². The van der Waals surface area contributed by atoms with Gasteiger partial charge in [-0.15, -0.1) is 0 Å². The average molecular weight is 435 g/mol. The van der Waals surface area contributed by atoms with Gasteiger partial charge in [-0.1, -0.05) is 18.2 Å². The van der Waals surface area contributed by atoms with Crippen LogP contribution < -0.4 is 10.0 Å². The Labute approximate surface area is 178 Å². The fourth-order valence-electron chi connectivity index (χ4n) is 4.81. The van der Waals surface area contributed by atoms with Crippen LogP contribution >= 0.6 is 0 Å². The van der Waals surface area contributed by atoms with Gasteiger partial charge in [0.15, 0.2) is 0 Å². The number of hydrogen-bond donors (Lipinski definition) is 2. The third kappa shape index (κ3) is 4.68. The van der Waals surface area contributed by atoms with Gasteiger partial charge in [-0.25, -0.2) is 13.1 Å². The molecule has 0 aliphatic carbocycles. The second kappa shape index (κ2) is 9.03. The number of carbonyl (C=O) groups is 2. The Morgan fingerprint density at radius 1 is 1.13 bits per heavy atom. The highest BCUT2D eigenvalue weighted by Gasteiger charge is 2.44. The summed E-state index contributed by atoms with van der Waals surface area (Å²) in [7, 11) is -3.63. The summed E-state index contributed by atoms with van der Waals surface area (Å²) in [6, 6.07) is 7.65. The van der Waals surface area contributed by atoms with Crippen molar-refractivity contribution in [3.8, 4) is 0 Å². The van der Waals surface area contributed by atoms with Crippen LogP contribution in [-0.4, -0.2) is 74.3 Å². The monoisotopic (exact) mass is 434 g/mol. The van der Waals surface area contributed by atoms with E-state index >= 15 is 0 Å². The third-order valence-electron chi connectivity index (χ3n) is 6.40. The lowest BCUT2D eigenvalue weighted by Crippen LogP contribution is -2.58. The van der Waals surface area contributed by atoms with Crippen molar-refractivity contribution in [3.05, 3.63) is 30.3 Å². The molecular weight excluding hydrogens is 404 g/mol. The molecule has 0 radical (unpaired) electrons. The number of fused-ring (bicyclic) bond motifs is 1. The Balaban J connectivity index is 1.37. The number of sulfonamides is 1. The number of nitrogens with zero attached hydrogens (tertiary/aromatic N) is 2. The minimum Gasteiger partial charge on any atom is -0.353 e. The molecule has 30 heavy (non-hydrogen) atoms. The van der Waals surface area contributed by atoms with E-state index in [9.17, 15) is 18.0 Å². The first-order valence-electron chi connectivity index (χ1n) is 10.8. The average Bonchev–Trinajstić information content (AvgIpc) is 3.18. The standard InChI is InChI=1S/C21H30N4O4S/c26-20(24-11-5-2-6-12-24)10-9-17-14-22-21(27)19-13-16(15-25(17)19)23-30(28,29)18-7-3-1-4-8-18/h1,3-4,7-8,16-17,19,23H,2,5-6,9-15H2,(H,22,27)/t16-,17+,19-/m0/s1. The summed E-state index contributed by atoms with van der Waals surface area (Å²) in [5.74, 6) is 0.124. The number of carbonyl (C=O) groups excluding carboxylic acids is 2. The molecule has 3 atom stereocenters. The van der Waals surface area contributed by atoms with Crippen molar-refractivity contribution in [2.45, 2.75) is 61.5 Å². The summed E-state index contributed by atoms with van der Waals surface area (Å²) in [6.07, 6.45) is 4.91. The molecule has 3 fully saturated rings. The highest BCUT2D eigenvalue weighted by atomic mass is 32.2. The van der Waals surface area contributed by atoms with Gasteiger partial charge in [0.25, 0.3) is 0 Å². The number of piperazine rings is 1. The first-order valence-corrected chi connectivity index (χ1v) is 12.3. The number of amides is 2. The molecule has 9 heteroatoms. The lowest BCUT2D eigenvalue weighted by molar-refractivity contribution is -0.133. The molecule has 3 aliphatic heterocycles. The van der Waals surface area contributed by atoms with Crippen molar-refractivity contribution in [3.63, 3.8) is 0 Å². The maximum Gasteiger partial charge on any atom is 0.240 e. The lowest BCUT2D eigenvalue weighted by Gasteiger charge is -2.37. The molecule has 0 aromatic heterocycles. The van der Waals surface area contributed by atoms with Crippen molar-refractivity contribution in [1.82, 2.24) is 19.8 Å². The molecule has 2 N–H and O–H groups in total. The molecule has 2 amide bonds. The number of likely N-dealkylation sites (tertiary alicyclic amines) is 1. The van der Waals surface area contributed by atoms with E-state index in [0.717, 1.165) is 25.9 Å². The molecule has 0 saturated carbocycles. The van der Waals surface area contributed by atoms with Gasteiger partial charge in [-0.3, -0.25) is 14.5 Å². The van der Waals surface area contributed by atoms with E-state index in [4.69, 9.17) is 0 Å². The van der Waals surface area contributed by atoms with Crippen molar-refractivity contribution in [2.75, 3.05) is 26.2 Å². The molecule has 1 aromatic carbocycles. The van der Waals surface area contributed by atoms with E-state index in [1.165, 1.54) is 6.42 Å². The molecule has 8 nitrogen and oxygen atoms in total. The van der Waals surface area contributed by atoms with Gasteiger partial charge in [0, 0.05) is 44.7 Å². The molecule has 3 aliphatic rings. The zero-order chi connectivity index (χ0) is 21.1. The van der Waals surface area contributed by atoms with E-state index in [1.807, 2.05) is 4.90 Å². The third-order valence-corrected chi connectivity index (χ3v) is 7.93. The zero-order valence-corrected chi connectivity index (χ0v) is 17.9. The SMILES string of the molecule is O=C1NC[C@@H](CCC(=O)N2CCCCC2)N2C[C@@H](NS(=O)(=O)c3ccccc3)C[C@@H]12. The van der Waals surface area contributed by atoms with Gasteiger partial charge in [0.05, 0.1) is 10.9 Å². The van der Waals surface area contributed by atoms with Crippen LogP contribution in [0.3, 0.4) is 0 Å². The van der Waals surface area contributed by atoms with Gasteiger partial charge in [0.1, 0.15) is 0 Å². The molecular formula is C21H30N4O4S. The fourth-order valence-corrected chi connectivity index (χ4v) is 6.07. The largest absolute Gasteiger partial charge is 0.353 e. The van der Waals surface area contributed by atoms with Crippen molar-refractivity contribution < 1.29 is 18.0 Å². The number of nitrogens with one attached hydrogen (secondary N) is 2. The molecule has 164 valence electrons. The normalized spacial score (nSPS) is 27.5. The van der Waals surface area contributed by atoms with Gasteiger partial charge >= 0.3 is 0 Å². The minimum absolute atomic E-state index is 0.0488. The minimum atomic E-state index is -3.63. The van der Waals surface area contributed by atoms with E-state index in [-0.39, 0.29) is 34.8 Å². The summed E-state index contributed by atoms with van der Waals surface area (Å²) >= 11 is 0. The second-order valence-corrected chi connectivity index (χ2v) is 10.2. The molecule has 0 bridgehead atoms. The van der Waals surface area contributed by atoms with Crippen LogP contribution in [0.25, 0.3) is 0 Å². The molecule has 0 spiro atoms. The van der Waals surface area contributed by atoms with Gasteiger partial charge in [-0.05, 0) is 44.2 Å². The maximum atomic E-state index is 12.7. The smallest absolute Gasteiger partial charge is 0.240 e. The van der Waals surface area contributed by atoms with E-state index < -0.39 is 10.0 Å². The Morgan fingerprint density at radius 2 is 1.87 bits per heavy atom. The number of hydrogen-bond acceptors (Lipinski definition) is 5. The van der Waals surface area contributed by atoms with Gasteiger partial charge in [-0.2, -0.15) is 0 Å². The van der Waals surface area contributed by atoms with Gasteiger partial charge in [0.2, 0.25) is 21.8 Å². The summed E-state index contributed by atoms with van der Waals surface area (Å²) in [6.45, 7) is 2.67. The van der Waals surface area contributed by atoms with E-state index in [2.05, 4.69) is 14.9 Å². The van der Waals surface area contributed by atoms with Crippen LogP contribution in [0.15, 0.2) is 35.2 Å². The first kappa shape index (κ1) is 21.3. The molecule has 3 heterocycles. The van der Waals surface area contributed by atoms with Crippen molar-refractivity contribution in [2.24, 2.45) is 0 Å². The maximum absolute atomic E-state index is 12.7. The van der Waals surface area contributed by atoms with Crippen molar-refractivity contribution in [1.29, 1.82) is 0 Å². The van der Waals surface area contributed by atoms with Crippen LogP contribution in [0, 0.1) is 0 Å². The summed E-state index contributed by atoms with van der Waals surface area (Å²) in [5, 5.41) is 2.94. The zero-order valence-electron chi connectivity index (χ0n) is 17.1. The predicted octanol–water partition coefficient (Wildman–Crippen LogP) is 0.699. The summed E-state index contributed by atoms with van der Waals surface area (Å²) in [4.78, 5) is 29.2. The van der Waals surface area contributed by atoms with Crippen LogP contribution in [-0.2, 0) is 19.6 Å². The Morgan fingerprint density at radius 3 is 2.60 bits per heavy atom. The van der Waals surface area contributed by atoms with Crippen LogP contribution in [0.4, 0.5) is 0 Å². The fraction of sp³-hybridized carbons (Fsp3) is 0.619. The van der Waals surface area contributed by atoms with Gasteiger partial charge < -0.3 is 10.2 Å². The quantitative estimate of drug-likeness (QED) is 0.687. The molecule has 3 saturated heterocycles. The van der Waals surface area contributed by atoms with Crippen LogP contribution in [0.2, 0.25) is 0 Å². The number of rotatable bonds is 6. The Hall–Kier alpha value is -1.97. The van der Waals surface area contributed by atoms with E-state index in [0.29, 0.717) is 32.4 Å². The Kier molecular flexibility index (Phi) is 6.40. The second-order valence-electron chi connectivity index (χ2n) is 8.46. The topological polar surface area (TPSA) is 98.8 Å². The number of piperidine rings is 1. The van der Waals surface area contributed by atoms with Crippen LogP contribution in [0.1, 0.15) is 38.5 Å². The highest BCUT2D eigenvalue weighted by Crippen LogP contribution is 2.27. The molecule has 4 rings (SSSR count). The predicted molar refractivity (Wildman–Crippen MR) is 112 cm³/mol. The summed E-state index contributed by atoms with van der Waals surface area (Å²) < 4.78 is 28.1.